The molecule has 2 rings (SSSR count). The number of hydrogen-bond donors (Lipinski definition) is 1. The Hall–Kier alpha value is -1.16. The van der Waals surface area contributed by atoms with E-state index in [0.29, 0.717) is 5.39 Å². The maximum atomic E-state index is 11.7. The molecule has 1 heterocycles. The number of rotatable bonds is 1. The number of aromatic nitrogens is 2. The quantitative estimate of drug-likeness (QED) is 0.863. The fourth-order valence-corrected chi connectivity index (χ4v) is 2.21. The highest BCUT2D eigenvalue weighted by Gasteiger charge is 2.06. The smallest absolute Gasteiger partial charge is 0.258 e. The number of aryl methyl sites for hydroxylation is 2. The van der Waals surface area contributed by atoms with Gasteiger partial charge in [0.15, 0.2) is 0 Å². The second kappa shape index (κ2) is 3.77. The second-order valence-corrected chi connectivity index (χ2v) is 4.36. The molecular formula is C11H11BrN2O. The number of benzene rings is 1. The fourth-order valence-electron chi connectivity index (χ4n) is 1.55. The zero-order chi connectivity index (χ0) is 11.0. The minimum atomic E-state index is -0.0683. The van der Waals surface area contributed by atoms with Crippen LogP contribution < -0.4 is 5.56 Å². The molecule has 1 aromatic carbocycles. The molecule has 0 radical (unpaired) electrons. The van der Waals surface area contributed by atoms with E-state index in [9.17, 15) is 4.79 Å². The molecule has 1 N–H and O–H groups in total. The molecule has 0 saturated carbocycles. The number of H-pyrrole nitrogens is 1. The first kappa shape index (κ1) is 10.4. The summed E-state index contributed by atoms with van der Waals surface area (Å²) in [5, 5.41) is 0.638. The second-order valence-electron chi connectivity index (χ2n) is 3.51. The molecule has 15 heavy (non-hydrogen) atoms. The van der Waals surface area contributed by atoms with Crippen LogP contribution in [-0.2, 0) is 6.42 Å². The summed E-state index contributed by atoms with van der Waals surface area (Å²) in [5.74, 6) is 0.719. The number of hydrogen-bond acceptors (Lipinski definition) is 2. The van der Waals surface area contributed by atoms with Crippen LogP contribution in [0.3, 0.4) is 0 Å². The van der Waals surface area contributed by atoms with E-state index >= 15 is 0 Å². The van der Waals surface area contributed by atoms with Gasteiger partial charge < -0.3 is 4.98 Å². The molecule has 0 aliphatic heterocycles. The predicted molar refractivity (Wildman–Crippen MR) is 64.2 cm³/mol. The zero-order valence-corrected chi connectivity index (χ0v) is 10.2. The van der Waals surface area contributed by atoms with Gasteiger partial charge in [0.2, 0.25) is 0 Å². The third-order valence-electron chi connectivity index (χ3n) is 2.29. The van der Waals surface area contributed by atoms with Crippen LogP contribution in [0.25, 0.3) is 10.9 Å². The summed E-state index contributed by atoms with van der Waals surface area (Å²) in [6.07, 6.45) is 0.728. The van der Waals surface area contributed by atoms with E-state index < -0.39 is 0 Å². The van der Waals surface area contributed by atoms with Gasteiger partial charge in [0.05, 0.1) is 10.9 Å². The van der Waals surface area contributed by atoms with E-state index in [2.05, 4.69) is 25.9 Å². The van der Waals surface area contributed by atoms with Crippen LogP contribution in [0.4, 0.5) is 0 Å². The average molecular weight is 267 g/mol. The number of aromatic amines is 1. The van der Waals surface area contributed by atoms with E-state index in [1.165, 1.54) is 0 Å². The minimum Gasteiger partial charge on any atom is -0.310 e. The first-order valence-electron chi connectivity index (χ1n) is 4.81. The minimum absolute atomic E-state index is 0.0683. The van der Waals surface area contributed by atoms with Gasteiger partial charge in [0, 0.05) is 10.9 Å². The van der Waals surface area contributed by atoms with Crippen LogP contribution >= 0.6 is 15.9 Å². The number of halogens is 1. The van der Waals surface area contributed by atoms with Gasteiger partial charge >= 0.3 is 0 Å². The molecule has 3 nitrogen and oxygen atoms in total. The van der Waals surface area contributed by atoms with Gasteiger partial charge in [-0.05, 0) is 40.5 Å². The summed E-state index contributed by atoms with van der Waals surface area (Å²) < 4.78 is 0.873. The Morgan fingerprint density at radius 3 is 2.87 bits per heavy atom. The lowest BCUT2D eigenvalue weighted by Gasteiger charge is -2.03. The molecular weight excluding hydrogens is 256 g/mol. The monoisotopic (exact) mass is 266 g/mol. The number of nitrogens with zero attached hydrogens (tertiary/aromatic N) is 1. The van der Waals surface area contributed by atoms with Gasteiger partial charge in [-0.3, -0.25) is 4.79 Å². The molecule has 2 aromatic rings. The number of fused-ring (bicyclic) bond motifs is 1. The molecule has 78 valence electrons. The molecule has 0 fully saturated rings. The van der Waals surface area contributed by atoms with Crippen molar-refractivity contribution >= 4 is 26.8 Å². The lowest BCUT2D eigenvalue weighted by atomic mass is 10.1. The van der Waals surface area contributed by atoms with Crippen molar-refractivity contribution in [2.75, 3.05) is 0 Å². The van der Waals surface area contributed by atoms with Crippen LogP contribution in [0.1, 0.15) is 18.3 Å². The highest BCUT2D eigenvalue weighted by atomic mass is 79.9. The summed E-state index contributed by atoms with van der Waals surface area (Å²) in [6.45, 7) is 3.92. The molecule has 0 aliphatic rings. The topological polar surface area (TPSA) is 45.8 Å². The van der Waals surface area contributed by atoms with Crippen LogP contribution in [0.2, 0.25) is 0 Å². The van der Waals surface area contributed by atoms with Crippen molar-refractivity contribution in [1.29, 1.82) is 0 Å². The summed E-state index contributed by atoms with van der Waals surface area (Å²) in [4.78, 5) is 18.9. The van der Waals surface area contributed by atoms with Gasteiger partial charge in [-0.2, -0.15) is 0 Å². The van der Waals surface area contributed by atoms with E-state index in [0.717, 1.165) is 27.8 Å². The van der Waals surface area contributed by atoms with Crippen molar-refractivity contribution in [3.05, 3.63) is 38.3 Å². The van der Waals surface area contributed by atoms with Crippen molar-refractivity contribution < 1.29 is 0 Å². The fraction of sp³-hybridized carbons (Fsp3) is 0.273. The van der Waals surface area contributed by atoms with Crippen LogP contribution in [-0.4, -0.2) is 9.97 Å². The van der Waals surface area contributed by atoms with E-state index in [4.69, 9.17) is 0 Å². The van der Waals surface area contributed by atoms with Crippen LogP contribution in [0.5, 0.6) is 0 Å². The molecule has 0 bridgehead atoms. The molecule has 0 atom stereocenters. The molecule has 0 spiro atoms. The molecule has 1 aromatic heterocycles. The third-order valence-corrected chi connectivity index (χ3v) is 2.90. The zero-order valence-electron chi connectivity index (χ0n) is 8.60. The predicted octanol–water partition coefficient (Wildman–Crippen LogP) is 2.56. The van der Waals surface area contributed by atoms with E-state index in [-0.39, 0.29) is 5.56 Å². The van der Waals surface area contributed by atoms with Gasteiger partial charge in [-0.25, -0.2) is 4.98 Å². The van der Waals surface area contributed by atoms with Gasteiger partial charge in [-0.1, -0.05) is 6.92 Å². The van der Waals surface area contributed by atoms with Crippen molar-refractivity contribution in [2.45, 2.75) is 20.3 Å². The first-order valence-corrected chi connectivity index (χ1v) is 5.60. The summed E-state index contributed by atoms with van der Waals surface area (Å²) in [7, 11) is 0. The van der Waals surface area contributed by atoms with Gasteiger partial charge in [0.25, 0.3) is 5.56 Å². The number of nitrogens with one attached hydrogen (secondary N) is 1. The Morgan fingerprint density at radius 1 is 1.47 bits per heavy atom. The maximum Gasteiger partial charge on any atom is 0.258 e. The standard InChI is InChI=1S/C11H11BrN2O/c1-3-9-13-10-7(11(15)14-9)4-6(2)5-8(10)12/h4-5H,3H2,1-2H3,(H,13,14,15). The van der Waals surface area contributed by atoms with Crippen molar-refractivity contribution in [1.82, 2.24) is 9.97 Å². The Kier molecular flexibility index (Phi) is 2.61. The molecule has 4 heteroatoms. The molecule has 0 unspecified atom stereocenters. The molecule has 0 saturated heterocycles. The highest BCUT2D eigenvalue weighted by Crippen LogP contribution is 2.21. The van der Waals surface area contributed by atoms with Crippen molar-refractivity contribution in [3.8, 4) is 0 Å². The molecule has 0 amide bonds. The van der Waals surface area contributed by atoms with Gasteiger partial charge in [0.1, 0.15) is 5.82 Å². The normalized spacial score (nSPS) is 10.9. The third kappa shape index (κ3) is 1.81. The average Bonchev–Trinajstić information content (AvgIpc) is 2.19. The summed E-state index contributed by atoms with van der Waals surface area (Å²) in [6, 6.07) is 3.82. The lowest BCUT2D eigenvalue weighted by molar-refractivity contribution is 0.943. The van der Waals surface area contributed by atoms with Crippen LogP contribution in [0, 0.1) is 6.92 Å². The maximum absolute atomic E-state index is 11.7. The highest BCUT2D eigenvalue weighted by molar-refractivity contribution is 9.10. The van der Waals surface area contributed by atoms with Gasteiger partial charge in [-0.15, -0.1) is 0 Å². The Labute approximate surface area is 95.7 Å². The Morgan fingerprint density at radius 2 is 2.20 bits per heavy atom. The Bertz CT molecular complexity index is 575. The van der Waals surface area contributed by atoms with Crippen LogP contribution in [0.15, 0.2) is 21.4 Å². The van der Waals surface area contributed by atoms with Crippen molar-refractivity contribution in [2.24, 2.45) is 0 Å². The molecule has 0 aliphatic carbocycles. The van der Waals surface area contributed by atoms with Crippen molar-refractivity contribution in [3.63, 3.8) is 0 Å². The SMILES string of the molecule is CCc1nc2c(Br)cc(C)cc2c(=O)[nH]1. The summed E-state index contributed by atoms with van der Waals surface area (Å²) >= 11 is 3.43. The largest absolute Gasteiger partial charge is 0.310 e. The van der Waals surface area contributed by atoms with E-state index in [1.54, 1.807) is 0 Å². The Balaban J connectivity index is 2.91. The first-order chi connectivity index (χ1) is 7.11. The van der Waals surface area contributed by atoms with E-state index in [1.807, 2.05) is 26.0 Å². The lowest BCUT2D eigenvalue weighted by Crippen LogP contribution is -2.11. The summed E-state index contributed by atoms with van der Waals surface area (Å²) in [5.41, 5.74) is 1.72.